The highest BCUT2D eigenvalue weighted by molar-refractivity contribution is 6.24. The maximum absolute atomic E-state index is 13.2. The molecule has 1 saturated heterocycles. The summed E-state index contributed by atoms with van der Waals surface area (Å²) in [6.45, 7) is 0.112. The van der Waals surface area contributed by atoms with Crippen LogP contribution in [-0.4, -0.2) is 58.7 Å². The van der Waals surface area contributed by atoms with Crippen LogP contribution in [-0.2, 0) is 19.1 Å². The molecule has 11 heteroatoms. The number of nitrogens with one attached hydrogen (secondary N) is 2. The summed E-state index contributed by atoms with van der Waals surface area (Å²) in [6, 6.07) is 16.4. The summed E-state index contributed by atoms with van der Waals surface area (Å²) < 4.78 is 11.6. The van der Waals surface area contributed by atoms with Gasteiger partial charge in [0.25, 0.3) is 11.8 Å². The van der Waals surface area contributed by atoms with Gasteiger partial charge in [-0.15, -0.1) is 0 Å². The van der Waals surface area contributed by atoms with E-state index in [0.29, 0.717) is 24.2 Å². The van der Waals surface area contributed by atoms with Crippen molar-refractivity contribution in [3.63, 3.8) is 0 Å². The van der Waals surface area contributed by atoms with Crippen LogP contribution in [0.25, 0.3) is 11.0 Å². The van der Waals surface area contributed by atoms with Gasteiger partial charge in [0.15, 0.2) is 0 Å². The van der Waals surface area contributed by atoms with Crippen molar-refractivity contribution in [2.45, 2.75) is 37.8 Å². The molecule has 5 amide bonds. The molecule has 0 aliphatic carbocycles. The van der Waals surface area contributed by atoms with Gasteiger partial charge in [-0.1, -0.05) is 42.2 Å². The molecule has 0 saturated carbocycles. The molecule has 2 aliphatic rings. The van der Waals surface area contributed by atoms with E-state index in [1.165, 1.54) is 6.07 Å². The number of unbranched alkanes of at least 4 members (excludes halogenated alkanes) is 1. The first-order chi connectivity index (χ1) is 21.9. The number of fused-ring (bicyclic) bond motifs is 2. The number of ether oxygens (including phenoxy) is 1. The van der Waals surface area contributed by atoms with Crippen molar-refractivity contribution in [2.24, 2.45) is 0 Å². The SMILES string of the molecule is O=C1CCC(N2C(=O)c3cccc(C#CCCCOCC(=O)NC(c4cccnc4)c4cc5ccccc5o4)c3C2=O)C(=O)N1. The molecule has 4 aromatic rings. The lowest BCUT2D eigenvalue weighted by Crippen LogP contribution is -2.54. The topological polar surface area (TPSA) is 148 Å². The Bertz CT molecular complexity index is 1840. The molecule has 2 N–H and O–H groups in total. The summed E-state index contributed by atoms with van der Waals surface area (Å²) in [7, 11) is 0. The number of carbonyl (C=O) groups excluding carboxylic acids is 5. The van der Waals surface area contributed by atoms with E-state index in [2.05, 4.69) is 27.5 Å². The second-order valence-electron chi connectivity index (χ2n) is 10.6. The molecule has 4 heterocycles. The molecule has 0 bridgehead atoms. The lowest BCUT2D eigenvalue weighted by Gasteiger charge is -2.27. The van der Waals surface area contributed by atoms with Gasteiger partial charge in [0.2, 0.25) is 17.7 Å². The Morgan fingerprint density at radius 1 is 1.09 bits per heavy atom. The second kappa shape index (κ2) is 13.0. The molecule has 2 aromatic heterocycles. The Hall–Kier alpha value is -5.60. The average Bonchev–Trinajstić information content (AvgIpc) is 3.58. The minimum absolute atomic E-state index is 0.0482. The van der Waals surface area contributed by atoms with E-state index in [1.807, 2.05) is 36.4 Å². The average molecular weight is 605 g/mol. The van der Waals surface area contributed by atoms with Gasteiger partial charge in [-0.2, -0.15) is 0 Å². The van der Waals surface area contributed by atoms with E-state index in [9.17, 15) is 24.0 Å². The molecular weight excluding hydrogens is 576 g/mol. The van der Waals surface area contributed by atoms with Gasteiger partial charge >= 0.3 is 0 Å². The first-order valence-corrected chi connectivity index (χ1v) is 14.5. The van der Waals surface area contributed by atoms with E-state index in [1.54, 1.807) is 30.6 Å². The molecule has 1 fully saturated rings. The van der Waals surface area contributed by atoms with E-state index < -0.39 is 35.7 Å². The largest absolute Gasteiger partial charge is 0.459 e. The number of benzene rings is 2. The summed E-state index contributed by atoms with van der Waals surface area (Å²) in [5.41, 5.74) is 2.20. The Morgan fingerprint density at radius 2 is 1.96 bits per heavy atom. The number of piperidine rings is 1. The lowest BCUT2D eigenvalue weighted by atomic mass is 10.0. The molecule has 2 atom stereocenters. The molecule has 2 aliphatic heterocycles. The summed E-state index contributed by atoms with van der Waals surface area (Å²) in [5, 5.41) is 6.08. The third kappa shape index (κ3) is 6.23. The van der Waals surface area contributed by atoms with Crippen LogP contribution in [0, 0.1) is 11.8 Å². The van der Waals surface area contributed by atoms with E-state index in [4.69, 9.17) is 9.15 Å². The number of pyridine rings is 1. The van der Waals surface area contributed by atoms with Crippen LogP contribution < -0.4 is 10.6 Å². The number of carbonyl (C=O) groups is 5. The monoisotopic (exact) mass is 604 g/mol. The molecule has 45 heavy (non-hydrogen) atoms. The molecule has 226 valence electrons. The Morgan fingerprint density at radius 3 is 2.76 bits per heavy atom. The van der Waals surface area contributed by atoms with Crippen LogP contribution in [0.2, 0.25) is 0 Å². The summed E-state index contributed by atoms with van der Waals surface area (Å²) >= 11 is 0. The third-order valence-electron chi connectivity index (χ3n) is 7.57. The van der Waals surface area contributed by atoms with Crippen molar-refractivity contribution in [3.05, 3.63) is 101 Å². The summed E-state index contributed by atoms with van der Waals surface area (Å²) in [6.07, 6.45) is 4.41. The van der Waals surface area contributed by atoms with Crippen molar-refractivity contribution in [1.82, 2.24) is 20.5 Å². The number of imide groups is 2. The number of para-hydroxylation sites is 1. The molecule has 0 spiro atoms. The third-order valence-corrected chi connectivity index (χ3v) is 7.57. The Balaban J connectivity index is 1.02. The quantitative estimate of drug-likeness (QED) is 0.168. The normalized spacial score (nSPS) is 16.6. The standard InChI is InChI=1S/C34H28N4O7/c39-28-15-14-25(32(41)37-28)38-33(42)24-12-6-10-21(30(24)34(38)43)8-2-1-5-17-44-20-29(40)36-31(23-11-7-16-35-19-23)27-18-22-9-3-4-13-26(22)45-27/h3-4,6-7,9-13,16,18-19,25,31H,1,5,14-15,17,20H2,(H,36,40)(H,37,39,41). The van der Waals surface area contributed by atoms with Gasteiger partial charge < -0.3 is 14.5 Å². The number of hydrogen-bond acceptors (Lipinski definition) is 8. The van der Waals surface area contributed by atoms with Crippen LogP contribution in [0.1, 0.15) is 69.3 Å². The highest BCUT2D eigenvalue weighted by Gasteiger charge is 2.45. The van der Waals surface area contributed by atoms with Gasteiger partial charge in [0, 0.05) is 48.4 Å². The molecule has 6 rings (SSSR count). The number of aromatic nitrogens is 1. The van der Waals surface area contributed by atoms with Crippen LogP contribution >= 0.6 is 0 Å². The van der Waals surface area contributed by atoms with Crippen LogP contribution in [0.5, 0.6) is 0 Å². The lowest BCUT2D eigenvalue weighted by molar-refractivity contribution is -0.136. The molecule has 11 nitrogen and oxygen atoms in total. The summed E-state index contributed by atoms with van der Waals surface area (Å²) in [4.78, 5) is 67.9. The Kier molecular flexibility index (Phi) is 8.48. The number of rotatable bonds is 9. The highest BCUT2D eigenvalue weighted by atomic mass is 16.5. The number of amides is 5. The van der Waals surface area contributed by atoms with Crippen LogP contribution in [0.15, 0.2) is 77.5 Å². The van der Waals surface area contributed by atoms with Crippen molar-refractivity contribution in [3.8, 4) is 11.8 Å². The fourth-order valence-electron chi connectivity index (χ4n) is 5.42. The smallest absolute Gasteiger partial charge is 0.263 e. The maximum atomic E-state index is 13.2. The minimum Gasteiger partial charge on any atom is -0.459 e. The molecule has 2 unspecified atom stereocenters. The van der Waals surface area contributed by atoms with Crippen molar-refractivity contribution < 1.29 is 33.1 Å². The van der Waals surface area contributed by atoms with Gasteiger partial charge in [-0.05, 0) is 43.2 Å². The van der Waals surface area contributed by atoms with Crippen LogP contribution in [0.4, 0.5) is 0 Å². The minimum atomic E-state index is -1.04. The zero-order chi connectivity index (χ0) is 31.3. The van der Waals surface area contributed by atoms with Gasteiger partial charge in [-0.3, -0.25) is 39.2 Å². The van der Waals surface area contributed by atoms with Gasteiger partial charge in [-0.25, -0.2) is 0 Å². The highest BCUT2D eigenvalue weighted by Crippen LogP contribution is 2.30. The van der Waals surface area contributed by atoms with E-state index >= 15 is 0 Å². The molecular formula is C34H28N4O7. The number of hydrogen-bond donors (Lipinski definition) is 2. The second-order valence-corrected chi connectivity index (χ2v) is 10.6. The van der Waals surface area contributed by atoms with Crippen molar-refractivity contribution in [1.29, 1.82) is 0 Å². The van der Waals surface area contributed by atoms with Crippen LogP contribution in [0.3, 0.4) is 0 Å². The van der Waals surface area contributed by atoms with Gasteiger partial charge in [0.1, 0.15) is 30.0 Å². The maximum Gasteiger partial charge on any atom is 0.263 e. The van der Waals surface area contributed by atoms with E-state index in [-0.39, 0.29) is 43.1 Å². The zero-order valence-electron chi connectivity index (χ0n) is 24.1. The molecule has 0 radical (unpaired) electrons. The Labute approximate surface area is 257 Å². The summed E-state index contributed by atoms with van der Waals surface area (Å²) in [5.74, 6) is 3.94. The van der Waals surface area contributed by atoms with Crippen molar-refractivity contribution in [2.75, 3.05) is 13.2 Å². The molecule has 2 aromatic carbocycles. The predicted octanol–water partition coefficient (Wildman–Crippen LogP) is 3.28. The predicted molar refractivity (Wildman–Crippen MR) is 160 cm³/mol. The van der Waals surface area contributed by atoms with Crippen molar-refractivity contribution >= 4 is 40.5 Å². The number of furan rings is 1. The fourth-order valence-corrected chi connectivity index (χ4v) is 5.42. The first kappa shape index (κ1) is 29.5. The fraction of sp³-hybridized carbons (Fsp3) is 0.235. The van der Waals surface area contributed by atoms with E-state index in [0.717, 1.165) is 21.4 Å². The van der Waals surface area contributed by atoms with Gasteiger partial charge in [0.05, 0.1) is 11.1 Å². The zero-order valence-corrected chi connectivity index (χ0v) is 24.1. The first-order valence-electron chi connectivity index (χ1n) is 14.5. The number of nitrogens with zero attached hydrogens (tertiary/aromatic N) is 2.